The number of hydrogen-bond acceptors (Lipinski definition) is 4. The fraction of sp³-hybridized carbons (Fsp3) is 0.240. The van der Waals surface area contributed by atoms with Gasteiger partial charge < -0.3 is 10.2 Å². The average molecular weight is 466 g/mol. The van der Waals surface area contributed by atoms with Crippen LogP contribution in [0.3, 0.4) is 0 Å². The van der Waals surface area contributed by atoms with Gasteiger partial charge in [0.2, 0.25) is 5.91 Å². The molecule has 170 valence electrons. The van der Waals surface area contributed by atoms with E-state index in [-0.39, 0.29) is 11.4 Å². The summed E-state index contributed by atoms with van der Waals surface area (Å²) in [5.74, 6) is -0.901. The van der Waals surface area contributed by atoms with Gasteiger partial charge in [0, 0.05) is 36.4 Å². The van der Waals surface area contributed by atoms with E-state index in [1.807, 2.05) is 24.3 Å². The van der Waals surface area contributed by atoms with E-state index in [2.05, 4.69) is 10.2 Å². The van der Waals surface area contributed by atoms with Gasteiger partial charge in [-0.2, -0.15) is 0 Å². The molecule has 2 aliphatic heterocycles. The van der Waals surface area contributed by atoms with Gasteiger partial charge in [0.05, 0.1) is 10.6 Å². The summed E-state index contributed by atoms with van der Waals surface area (Å²) in [7, 11) is -3.96. The van der Waals surface area contributed by atoms with Gasteiger partial charge in [0.25, 0.3) is 10.0 Å². The lowest BCUT2D eigenvalue weighted by atomic mass is 10.0. The van der Waals surface area contributed by atoms with Crippen LogP contribution in [0.5, 0.6) is 0 Å². The Labute approximate surface area is 192 Å². The van der Waals surface area contributed by atoms with Crippen LogP contribution in [0.25, 0.3) is 11.1 Å². The van der Waals surface area contributed by atoms with Crippen LogP contribution in [0.2, 0.25) is 0 Å². The predicted octanol–water partition coefficient (Wildman–Crippen LogP) is 3.92. The van der Waals surface area contributed by atoms with E-state index >= 15 is 0 Å². The van der Waals surface area contributed by atoms with Gasteiger partial charge in [-0.1, -0.05) is 30.3 Å². The SMILES string of the molecule is O=C(CN1c2ccc(F)cc2-c2ccccc2S1(=O)=O)NCc1ccc(N2CCCC2)cc1. The van der Waals surface area contributed by atoms with E-state index in [9.17, 15) is 17.6 Å². The zero-order chi connectivity index (χ0) is 23.0. The molecule has 5 rings (SSSR count). The first-order valence-corrected chi connectivity index (χ1v) is 12.4. The maximum Gasteiger partial charge on any atom is 0.265 e. The molecule has 0 aliphatic carbocycles. The third-order valence-electron chi connectivity index (χ3n) is 6.16. The van der Waals surface area contributed by atoms with Crippen LogP contribution in [-0.2, 0) is 21.4 Å². The van der Waals surface area contributed by atoms with Gasteiger partial charge in [-0.15, -0.1) is 0 Å². The minimum Gasteiger partial charge on any atom is -0.372 e. The number of amides is 1. The monoisotopic (exact) mass is 465 g/mol. The topological polar surface area (TPSA) is 69.7 Å². The fourth-order valence-corrected chi connectivity index (χ4v) is 6.11. The molecule has 2 heterocycles. The van der Waals surface area contributed by atoms with E-state index in [0.29, 0.717) is 23.4 Å². The molecule has 1 amide bonds. The molecule has 3 aromatic rings. The molecule has 3 aromatic carbocycles. The quantitative estimate of drug-likeness (QED) is 0.620. The number of hydrogen-bond donors (Lipinski definition) is 1. The number of nitrogens with one attached hydrogen (secondary N) is 1. The standard InChI is InChI=1S/C25H24FN3O3S/c26-19-9-12-23-22(15-19)21-5-1-2-6-24(21)33(31,32)29(23)17-25(30)27-16-18-7-10-20(11-8-18)28-13-3-4-14-28/h1-2,5-12,15H,3-4,13-14,16-17H2,(H,27,30). The molecule has 0 atom stereocenters. The van der Waals surface area contributed by atoms with E-state index < -0.39 is 21.7 Å². The van der Waals surface area contributed by atoms with E-state index in [1.165, 1.54) is 42.8 Å². The van der Waals surface area contributed by atoms with Gasteiger partial charge in [0.15, 0.2) is 0 Å². The first-order valence-electron chi connectivity index (χ1n) is 11.0. The Hall–Kier alpha value is -3.39. The molecular weight excluding hydrogens is 441 g/mol. The van der Waals surface area contributed by atoms with Crippen LogP contribution in [0.15, 0.2) is 71.6 Å². The number of benzene rings is 3. The van der Waals surface area contributed by atoms with Gasteiger partial charge in [-0.3, -0.25) is 9.10 Å². The van der Waals surface area contributed by atoms with E-state index in [0.717, 1.165) is 23.0 Å². The zero-order valence-corrected chi connectivity index (χ0v) is 18.8. The molecule has 0 radical (unpaired) electrons. The van der Waals surface area contributed by atoms with Crippen LogP contribution in [0, 0.1) is 5.82 Å². The molecule has 8 heteroatoms. The summed E-state index contributed by atoms with van der Waals surface area (Å²) in [6.07, 6.45) is 2.41. The second kappa shape index (κ2) is 8.51. The lowest BCUT2D eigenvalue weighted by Gasteiger charge is -2.31. The highest BCUT2D eigenvalue weighted by atomic mass is 32.2. The first kappa shape index (κ1) is 21.5. The van der Waals surface area contributed by atoms with Crippen LogP contribution >= 0.6 is 0 Å². The third-order valence-corrected chi connectivity index (χ3v) is 7.97. The summed E-state index contributed by atoms with van der Waals surface area (Å²) in [4.78, 5) is 15.1. The Morgan fingerprint density at radius 1 is 0.939 bits per heavy atom. The molecule has 1 fully saturated rings. The van der Waals surface area contributed by atoms with Crippen molar-refractivity contribution in [1.29, 1.82) is 0 Å². The highest BCUT2D eigenvalue weighted by Gasteiger charge is 2.36. The smallest absolute Gasteiger partial charge is 0.265 e. The molecule has 1 saturated heterocycles. The van der Waals surface area contributed by atoms with Gasteiger partial charge in [-0.25, -0.2) is 12.8 Å². The predicted molar refractivity (Wildman–Crippen MR) is 126 cm³/mol. The molecule has 0 unspecified atom stereocenters. The minimum atomic E-state index is -3.96. The van der Waals surface area contributed by atoms with Crippen molar-refractivity contribution in [2.24, 2.45) is 0 Å². The maximum atomic E-state index is 14.0. The molecule has 0 saturated carbocycles. The van der Waals surface area contributed by atoms with Crippen molar-refractivity contribution in [3.63, 3.8) is 0 Å². The Bertz CT molecular complexity index is 1300. The average Bonchev–Trinajstić information content (AvgIpc) is 3.36. The van der Waals surface area contributed by atoms with Crippen LogP contribution < -0.4 is 14.5 Å². The largest absolute Gasteiger partial charge is 0.372 e. The van der Waals surface area contributed by atoms with Crippen LogP contribution in [0.1, 0.15) is 18.4 Å². The Morgan fingerprint density at radius 2 is 1.67 bits per heavy atom. The van der Waals surface area contributed by atoms with E-state index in [4.69, 9.17) is 0 Å². The fourth-order valence-electron chi connectivity index (χ4n) is 4.46. The summed E-state index contributed by atoms with van der Waals surface area (Å²) in [5, 5.41) is 2.81. The number of rotatable bonds is 5. The molecule has 33 heavy (non-hydrogen) atoms. The second-order valence-corrected chi connectivity index (χ2v) is 10.1. The molecular formula is C25H24FN3O3S. The molecule has 0 spiro atoms. The highest BCUT2D eigenvalue weighted by molar-refractivity contribution is 7.93. The summed E-state index contributed by atoms with van der Waals surface area (Å²) >= 11 is 0. The van der Waals surface area contributed by atoms with Crippen molar-refractivity contribution >= 4 is 27.3 Å². The number of sulfonamides is 1. The lowest BCUT2D eigenvalue weighted by Crippen LogP contribution is -2.42. The Balaban J connectivity index is 1.33. The molecule has 6 nitrogen and oxygen atoms in total. The van der Waals surface area contributed by atoms with Crippen molar-refractivity contribution in [2.45, 2.75) is 24.3 Å². The van der Waals surface area contributed by atoms with Crippen LogP contribution in [0.4, 0.5) is 15.8 Å². The second-order valence-electron chi connectivity index (χ2n) is 8.31. The normalized spacial score (nSPS) is 16.3. The molecule has 0 aromatic heterocycles. The Morgan fingerprint density at radius 3 is 2.42 bits per heavy atom. The van der Waals surface area contributed by atoms with Gasteiger partial charge in [0.1, 0.15) is 12.4 Å². The van der Waals surface area contributed by atoms with Crippen molar-refractivity contribution in [1.82, 2.24) is 5.32 Å². The zero-order valence-electron chi connectivity index (χ0n) is 18.0. The molecule has 0 bridgehead atoms. The minimum absolute atomic E-state index is 0.0633. The van der Waals surface area contributed by atoms with Crippen LogP contribution in [-0.4, -0.2) is 34.0 Å². The molecule has 2 aliphatic rings. The van der Waals surface area contributed by atoms with Crippen molar-refractivity contribution < 1.29 is 17.6 Å². The highest BCUT2D eigenvalue weighted by Crippen LogP contribution is 2.42. The molecule has 1 N–H and O–H groups in total. The number of fused-ring (bicyclic) bond motifs is 3. The number of carbonyl (C=O) groups is 1. The number of halogens is 1. The third kappa shape index (κ3) is 4.06. The Kier molecular flexibility index (Phi) is 5.54. The number of nitrogens with zero attached hydrogens (tertiary/aromatic N) is 2. The van der Waals surface area contributed by atoms with Gasteiger partial charge >= 0.3 is 0 Å². The van der Waals surface area contributed by atoms with Crippen molar-refractivity contribution in [3.05, 3.63) is 78.1 Å². The summed E-state index contributed by atoms with van der Waals surface area (Å²) < 4.78 is 41.6. The number of anilines is 2. The van der Waals surface area contributed by atoms with Gasteiger partial charge in [-0.05, 0) is 54.8 Å². The summed E-state index contributed by atoms with van der Waals surface area (Å²) in [6.45, 7) is 2.03. The lowest BCUT2D eigenvalue weighted by molar-refractivity contribution is -0.119. The summed E-state index contributed by atoms with van der Waals surface area (Å²) in [5.41, 5.74) is 3.28. The van der Waals surface area contributed by atoms with Crippen molar-refractivity contribution in [2.75, 3.05) is 28.8 Å². The first-order chi connectivity index (χ1) is 15.9. The summed E-state index contributed by atoms with van der Waals surface area (Å²) in [6, 6.07) is 18.4. The maximum absolute atomic E-state index is 14.0. The number of carbonyl (C=O) groups excluding carboxylic acids is 1. The van der Waals surface area contributed by atoms with E-state index in [1.54, 1.807) is 18.2 Å². The van der Waals surface area contributed by atoms with Crippen molar-refractivity contribution in [3.8, 4) is 11.1 Å².